The van der Waals surface area contributed by atoms with Crippen LogP contribution < -0.4 is 0 Å². The van der Waals surface area contributed by atoms with Gasteiger partial charge in [-0.3, -0.25) is 9.59 Å². The lowest BCUT2D eigenvalue weighted by Gasteiger charge is -2.29. The molecule has 4 heteroatoms. The number of ether oxygens (including phenoxy) is 2. The minimum absolute atomic E-state index is 0.0235. The van der Waals surface area contributed by atoms with Crippen LogP contribution in [0.15, 0.2) is 24.3 Å². The van der Waals surface area contributed by atoms with Gasteiger partial charge in [-0.25, -0.2) is 0 Å². The van der Waals surface area contributed by atoms with Crippen LogP contribution in [0.4, 0.5) is 0 Å². The first kappa shape index (κ1) is 25.5. The maximum atomic E-state index is 12.5. The van der Waals surface area contributed by atoms with Crippen LogP contribution in [0.1, 0.15) is 91.4 Å². The van der Waals surface area contributed by atoms with E-state index in [4.69, 9.17) is 9.47 Å². The summed E-state index contributed by atoms with van der Waals surface area (Å²) in [6.45, 7) is 6.83. The summed E-state index contributed by atoms with van der Waals surface area (Å²) in [7, 11) is 0. The van der Waals surface area contributed by atoms with Gasteiger partial charge in [-0.1, -0.05) is 69.8 Å². The Morgan fingerprint density at radius 1 is 0.931 bits per heavy atom. The highest BCUT2D eigenvalue weighted by molar-refractivity contribution is 5.73. The van der Waals surface area contributed by atoms with Crippen molar-refractivity contribution in [3.05, 3.63) is 24.3 Å². The van der Waals surface area contributed by atoms with Gasteiger partial charge in [-0.2, -0.15) is 0 Å². The zero-order chi connectivity index (χ0) is 21.3. The Bertz CT molecular complexity index is 509. The van der Waals surface area contributed by atoms with E-state index in [0.717, 1.165) is 51.4 Å². The smallest absolute Gasteiger partial charge is 0.309 e. The van der Waals surface area contributed by atoms with Gasteiger partial charge >= 0.3 is 11.9 Å². The van der Waals surface area contributed by atoms with Gasteiger partial charge in [-0.15, -0.1) is 0 Å². The number of hydrogen-bond acceptors (Lipinski definition) is 4. The second kappa shape index (κ2) is 16.2. The van der Waals surface area contributed by atoms with Gasteiger partial charge in [0, 0.05) is 6.42 Å². The van der Waals surface area contributed by atoms with Gasteiger partial charge in [0.15, 0.2) is 0 Å². The zero-order valence-electron chi connectivity index (χ0n) is 18.9. The van der Waals surface area contributed by atoms with Gasteiger partial charge in [0.25, 0.3) is 0 Å². The molecule has 0 bridgehead atoms. The Labute approximate surface area is 178 Å². The lowest BCUT2D eigenvalue weighted by atomic mass is 9.76. The summed E-state index contributed by atoms with van der Waals surface area (Å²) in [5.41, 5.74) is 0. The highest BCUT2D eigenvalue weighted by Crippen LogP contribution is 2.34. The summed E-state index contributed by atoms with van der Waals surface area (Å²) in [5.74, 6) is 0.484. The Kier molecular flexibility index (Phi) is 14.3. The van der Waals surface area contributed by atoms with Crippen LogP contribution >= 0.6 is 0 Å². The first-order chi connectivity index (χ1) is 14.1. The Balaban J connectivity index is 2.39. The second-order valence-electron chi connectivity index (χ2n) is 7.99. The molecule has 0 aromatic rings. The van der Waals surface area contributed by atoms with E-state index in [9.17, 15) is 9.59 Å². The van der Waals surface area contributed by atoms with E-state index in [0.29, 0.717) is 25.6 Å². The number of unbranched alkanes of at least 4 members (excludes halogenated alkanes) is 6. The molecule has 0 saturated carbocycles. The number of hydrogen-bond donors (Lipinski definition) is 0. The van der Waals surface area contributed by atoms with E-state index < -0.39 is 0 Å². The van der Waals surface area contributed by atoms with E-state index in [1.165, 1.54) is 12.8 Å². The molecular weight excluding hydrogens is 364 g/mol. The predicted molar refractivity (Wildman–Crippen MR) is 118 cm³/mol. The molecule has 166 valence electrons. The van der Waals surface area contributed by atoms with Crippen LogP contribution in [0.3, 0.4) is 0 Å². The third kappa shape index (κ3) is 11.3. The van der Waals surface area contributed by atoms with Gasteiger partial charge in [0.1, 0.15) is 0 Å². The fourth-order valence-corrected chi connectivity index (χ4v) is 3.93. The van der Waals surface area contributed by atoms with Crippen molar-refractivity contribution in [1.82, 2.24) is 0 Å². The zero-order valence-corrected chi connectivity index (χ0v) is 18.9. The van der Waals surface area contributed by atoms with E-state index >= 15 is 0 Å². The van der Waals surface area contributed by atoms with Crippen LogP contribution in [0, 0.1) is 17.8 Å². The molecule has 0 N–H and O–H groups in total. The molecule has 0 radical (unpaired) electrons. The molecule has 1 aliphatic rings. The van der Waals surface area contributed by atoms with Crippen LogP contribution in [0.5, 0.6) is 0 Å². The van der Waals surface area contributed by atoms with Crippen LogP contribution in [0.2, 0.25) is 0 Å². The Morgan fingerprint density at radius 3 is 2.38 bits per heavy atom. The maximum Gasteiger partial charge on any atom is 0.309 e. The Morgan fingerprint density at radius 2 is 1.66 bits per heavy atom. The van der Waals surface area contributed by atoms with E-state index in [2.05, 4.69) is 31.2 Å². The molecule has 1 aliphatic carbocycles. The maximum absolute atomic E-state index is 12.5. The van der Waals surface area contributed by atoms with Gasteiger partial charge in [0.2, 0.25) is 0 Å². The highest BCUT2D eigenvalue weighted by Gasteiger charge is 2.32. The Hall–Kier alpha value is -1.58. The van der Waals surface area contributed by atoms with Crippen LogP contribution in [-0.2, 0) is 19.1 Å². The number of carbonyl (C=O) groups is 2. The summed E-state index contributed by atoms with van der Waals surface area (Å²) in [6.07, 6.45) is 20.4. The molecule has 0 spiro atoms. The molecule has 1 rings (SSSR count). The second-order valence-corrected chi connectivity index (χ2v) is 7.99. The van der Waals surface area contributed by atoms with Crippen molar-refractivity contribution in [2.75, 3.05) is 13.2 Å². The van der Waals surface area contributed by atoms with Crippen molar-refractivity contribution in [2.24, 2.45) is 17.8 Å². The minimum Gasteiger partial charge on any atom is -0.466 e. The van der Waals surface area contributed by atoms with Gasteiger partial charge < -0.3 is 9.47 Å². The molecule has 0 fully saturated rings. The molecule has 29 heavy (non-hydrogen) atoms. The van der Waals surface area contributed by atoms with Crippen molar-refractivity contribution in [1.29, 1.82) is 0 Å². The van der Waals surface area contributed by atoms with Crippen molar-refractivity contribution >= 4 is 11.9 Å². The molecule has 0 aromatic heterocycles. The van der Waals surface area contributed by atoms with Crippen LogP contribution in [0.25, 0.3) is 0 Å². The van der Waals surface area contributed by atoms with E-state index in [-0.39, 0.29) is 23.8 Å². The molecule has 3 atom stereocenters. The quantitative estimate of drug-likeness (QED) is 0.179. The topological polar surface area (TPSA) is 52.6 Å². The largest absolute Gasteiger partial charge is 0.466 e. The monoisotopic (exact) mass is 406 g/mol. The van der Waals surface area contributed by atoms with Gasteiger partial charge in [-0.05, 0) is 51.4 Å². The number of rotatable bonds is 15. The normalized spacial score (nSPS) is 21.4. The third-order valence-corrected chi connectivity index (χ3v) is 5.57. The summed E-state index contributed by atoms with van der Waals surface area (Å²) in [6, 6.07) is 0. The molecule has 0 saturated heterocycles. The average molecular weight is 407 g/mol. The number of esters is 2. The summed E-state index contributed by atoms with van der Waals surface area (Å²) in [4.78, 5) is 23.8. The van der Waals surface area contributed by atoms with Crippen LogP contribution in [-0.4, -0.2) is 25.2 Å². The molecule has 0 aliphatic heterocycles. The van der Waals surface area contributed by atoms with Crippen molar-refractivity contribution in [3.63, 3.8) is 0 Å². The lowest BCUT2D eigenvalue weighted by molar-refractivity contribution is -0.150. The van der Waals surface area contributed by atoms with Gasteiger partial charge in [0.05, 0.1) is 19.1 Å². The predicted octanol–water partition coefficient (Wildman–Crippen LogP) is 6.40. The fourth-order valence-electron chi connectivity index (χ4n) is 3.93. The summed E-state index contributed by atoms with van der Waals surface area (Å²) < 4.78 is 10.3. The molecule has 0 heterocycles. The first-order valence-electron chi connectivity index (χ1n) is 11.8. The summed E-state index contributed by atoms with van der Waals surface area (Å²) in [5, 5.41) is 0. The third-order valence-electron chi connectivity index (χ3n) is 5.57. The standard InChI is InChI=1S/C25H42O4/c1-4-7-8-12-15-21-18-19-22(23(20-21)25(27)29-6-3)16-13-10-9-11-14-17-24(26)28-5-2/h12,15,18-19,21-23H,4-11,13-14,16-17,20H2,1-3H3. The summed E-state index contributed by atoms with van der Waals surface area (Å²) >= 11 is 0. The van der Waals surface area contributed by atoms with Crippen molar-refractivity contribution in [2.45, 2.75) is 91.4 Å². The first-order valence-corrected chi connectivity index (χ1v) is 11.8. The lowest BCUT2D eigenvalue weighted by Crippen LogP contribution is -2.29. The average Bonchev–Trinajstić information content (AvgIpc) is 2.71. The van der Waals surface area contributed by atoms with Crippen molar-refractivity contribution < 1.29 is 19.1 Å². The number of allylic oxidation sites excluding steroid dienone is 4. The number of carbonyl (C=O) groups excluding carboxylic acids is 2. The molecule has 0 aromatic carbocycles. The van der Waals surface area contributed by atoms with Crippen molar-refractivity contribution in [3.8, 4) is 0 Å². The van der Waals surface area contributed by atoms with E-state index in [1.807, 2.05) is 13.8 Å². The fraction of sp³-hybridized carbons (Fsp3) is 0.760. The molecule has 4 nitrogen and oxygen atoms in total. The SMILES string of the molecule is CCCCC=CC1C=CC(CCCCCCCC(=O)OCC)C(C(=O)OCC)C1. The molecular formula is C25H42O4. The highest BCUT2D eigenvalue weighted by atomic mass is 16.5. The van der Waals surface area contributed by atoms with E-state index in [1.54, 1.807) is 0 Å². The molecule has 3 unspecified atom stereocenters. The minimum atomic E-state index is -0.0876. The molecule has 0 amide bonds.